The molecule has 0 aliphatic carbocycles. The number of nitrogens with zero attached hydrogens (tertiary/aromatic N) is 2. The number of imidazole rings is 1. The number of hydrogen-bond acceptors (Lipinski definition) is 4. The zero-order valence-corrected chi connectivity index (χ0v) is 12.8. The van der Waals surface area contributed by atoms with Crippen LogP contribution in [0.1, 0.15) is 18.7 Å². The smallest absolute Gasteiger partial charge is 0.221 e. The van der Waals surface area contributed by atoms with E-state index in [2.05, 4.69) is 10.3 Å². The number of aromatic nitrogens is 2. The SMILES string of the molecule is CS(=O)(=O)CCC(=O)NCCCc1ncc2ccccn12. The van der Waals surface area contributed by atoms with Gasteiger partial charge in [-0.1, -0.05) is 6.07 Å². The highest BCUT2D eigenvalue weighted by atomic mass is 32.2. The second kappa shape index (κ2) is 6.71. The minimum absolute atomic E-state index is 0.0190. The predicted octanol–water partition coefficient (Wildman–Crippen LogP) is 0.818. The Labute approximate surface area is 124 Å². The van der Waals surface area contributed by atoms with E-state index in [1.807, 2.05) is 35.0 Å². The number of nitrogens with one attached hydrogen (secondary N) is 1. The zero-order valence-electron chi connectivity index (χ0n) is 11.9. The normalized spacial score (nSPS) is 11.7. The number of aryl methyl sites for hydroxylation is 1. The van der Waals surface area contributed by atoms with Crippen molar-refractivity contribution in [2.75, 3.05) is 18.6 Å². The Kier molecular flexibility index (Phi) is 4.95. The molecule has 0 fully saturated rings. The topological polar surface area (TPSA) is 80.5 Å². The fourth-order valence-electron chi connectivity index (χ4n) is 2.03. The Morgan fingerprint density at radius 1 is 1.38 bits per heavy atom. The maximum absolute atomic E-state index is 11.5. The van der Waals surface area contributed by atoms with E-state index in [0.29, 0.717) is 6.54 Å². The van der Waals surface area contributed by atoms with Crippen molar-refractivity contribution in [1.82, 2.24) is 14.7 Å². The molecule has 0 spiro atoms. The molecule has 6 nitrogen and oxygen atoms in total. The number of carbonyl (C=O) groups excluding carboxylic acids is 1. The number of amides is 1. The summed E-state index contributed by atoms with van der Waals surface area (Å²) in [4.78, 5) is 15.8. The van der Waals surface area contributed by atoms with Gasteiger partial charge in [0.2, 0.25) is 5.91 Å². The van der Waals surface area contributed by atoms with Gasteiger partial charge in [-0.3, -0.25) is 4.79 Å². The van der Waals surface area contributed by atoms with Crippen LogP contribution in [0.25, 0.3) is 5.52 Å². The van der Waals surface area contributed by atoms with E-state index in [0.717, 1.165) is 30.4 Å². The van der Waals surface area contributed by atoms with Crippen molar-refractivity contribution < 1.29 is 13.2 Å². The number of sulfone groups is 1. The molecule has 21 heavy (non-hydrogen) atoms. The monoisotopic (exact) mass is 309 g/mol. The Bertz CT molecular complexity index is 722. The summed E-state index contributed by atoms with van der Waals surface area (Å²) in [7, 11) is -3.08. The van der Waals surface area contributed by atoms with Crippen LogP contribution in [-0.2, 0) is 21.1 Å². The van der Waals surface area contributed by atoms with E-state index in [9.17, 15) is 13.2 Å². The first-order valence-corrected chi connectivity index (χ1v) is 8.87. The number of fused-ring (bicyclic) bond motifs is 1. The van der Waals surface area contributed by atoms with Crippen molar-refractivity contribution in [1.29, 1.82) is 0 Å². The summed E-state index contributed by atoms with van der Waals surface area (Å²) >= 11 is 0. The second-order valence-electron chi connectivity index (χ2n) is 5.00. The molecule has 0 unspecified atom stereocenters. The van der Waals surface area contributed by atoms with E-state index in [4.69, 9.17) is 0 Å². The Hall–Kier alpha value is -1.89. The first kappa shape index (κ1) is 15.5. The van der Waals surface area contributed by atoms with E-state index in [1.54, 1.807) is 0 Å². The van der Waals surface area contributed by atoms with Crippen LogP contribution in [0.4, 0.5) is 0 Å². The van der Waals surface area contributed by atoms with Crippen molar-refractivity contribution in [3.63, 3.8) is 0 Å². The summed E-state index contributed by atoms with van der Waals surface area (Å²) in [5.74, 6) is 0.619. The van der Waals surface area contributed by atoms with Gasteiger partial charge in [-0.2, -0.15) is 0 Å². The molecule has 0 aromatic carbocycles. The first-order valence-electron chi connectivity index (χ1n) is 6.81. The summed E-state index contributed by atoms with van der Waals surface area (Å²) in [5, 5.41) is 2.73. The lowest BCUT2D eigenvalue weighted by Crippen LogP contribution is -2.26. The van der Waals surface area contributed by atoms with E-state index in [-0.39, 0.29) is 18.1 Å². The van der Waals surface area contributed by atoms with Crippen LogP contribution in [0.3, 0.4) is 0 Å². The van der Waals surface area contributed by atoms with Gasteiger partial charge in [0, 0.05) is 31.8 Å². The Morgan fingerprint density at radius 2 is 2.19 bits per heavy atom. The quantitative estimate of drug-likeness (QED) is 0.768. The molecule has 2 heterocycles. The van der Waals surface area contributed by atoms with Crippen LogP contribution in [0.15, 0.2) is 30.6 Å². The molecule has 2 aromatic heterocycles. The molecule has 0 radical (unpaired) electrons. The van der Waals surface area contributed by atoms with Gasteiger partial charge in [0.15, 0.2) is 0 Å². The van der Waals surface area contributed by atoms with Gasteiger partial charge in [0.05, 0.1) is 17.5 Å². The molecule has 0 atom stereocenters. The van der Waals surface area contributed by atoms with E-state index < -0.39 is 9.84 Å². The summed E-state index contributed by atoms with van der Waals surface area (Å²) < 4.78 is 23.9. The minimum atomic E-state index is -3.08. The van der Waals surface area contributed by atoms with Crippen molar-refractivity contribution in [2.45, 2.75) is 19.3 Å². The fraction of sp³-hybridized carbons (Fsp3) is 0.429. The zero-order chi connectivity index (χ0) is 15.3. The largest absolute Gasteiger partial charge is 0.356 e. The third-order valence-corrected chi connectivity index (χ3v) is 4.06. The maximum Gasteiger partial charge on any atom is 0.221 e. The van der Waals surface area contributed by atoms with E-state index in [1.165, 1.54) is 0 Å². The number of hydrogen-bond donors (Lipinski definition) is 1. The summed E-state index contributed by atoms with van der Waals surface area (Å²) in [6.45, 7) is 0.518. The molecule has 2 aromatic rings. The van der Waals surface area contributed by atoms with Crippen LogP contribution in [0.5, 0.6) is 0 Å². The van der Waals surface area contributed by atoms with Gasteiger partial charge < -0.3 is 9.72 Å². The average Bonchev–Trinajstić information content (AvgIpc) is 2.84. The molecule has 0 bridgehead atoms. The molecule has 7 heteroatoms. The van der Waals surface area contributed by atoms with Crippen LogP contribution in [-0.4, -0.2) is 42.3 Å². The lowest BCUT2D eigenvalue weighted by Gasteiger charge is -2.05. The van der Waals surface area contributed by atoms with Crippen molar-refractivity contribution in [3.8, 4) is 0 Å². The van der Waals surface area contributed by atoms with Crippen molar-refractivity contribution in [3.05, 3.63) is 36.4 Å². The summed E-state index contributed by atoms with van der Waals surface area (Å²) in [6, 6.07) is 5.90. The molecule has 0 aliphatic rings. The van der Waals surface area contributed by atoms with Crippen molar-refractivity contribution >= 4 is 21.3 Å². The van der Waals surface area contributed by atoms with Crippen LogP contribution >= 0.6 is 0 Å². The third-order valence-electron chi connectivity index (χ3n) is 3.11. The summed E-state index contributed by atoms with van der Waals surface area (Å²) in [6.07, 6.45) is 6.44. The molecule has 0 saturated carbocycles. The Balaban J connectivity index is 1.74. The molecule has 114 valence electrons. The van der Waals surface area contributed by atoms with Gasteiger partial charge in [0.25, 0.3) is 0 Å². The molecular formula is C14H19N3O3S. The highest BCUT2D eigenvalue weighted by Gasteiger charge is 2.07. The number of pyridine rings is 1. The highest BCUT2D eigenvalue weighted by Crippen LogP contribution is 2.07. The van der Waals surface area contributed by atoms with Gasteiger partial charge in [-0.05, 0) is 18.6 Å². The highest BCUT2D eigenvalue weighted by molar-refractivity contribution is 7.90. The van der Waals surface area contributed by atoms with Gasteiger partial charge in [-0.25, -0.2) is 13.4 Å². The lowest BCUT2D eigenvalue weighted by atomic mass is 10.3. The second-order valence-corrected chi connectivity index (χ2v) is 7.26. The molecule has 1 amide bonds. The van der Waals surface area contributed by atoms with Crippen LogP contribution < -0.4 is 5.32 Å². The predicted molar refractivity (Wildman–Crippen MR) is 80.9 cm³/mol. The number of rotatable bonds is 7. The van der Waals surface area contributed by atoms with Gasteiger partial charge >= 0.3 is 0 Å². The van der Waals surface area contributed by atoms with E-state index >= 15 is 0 Å². The number of carbonyl (C=O) groups is 1. The molecule has 1 N–H and O–H groups in total. The minimum Gasteiger partial charge on any atom is -0.356 e. The van der Waals surface area contributed by atoms with Gasteiger partial charge in [-0.15, -0.1) is 0 Å². The first-order chi connectivity index (χ1) is 9.96. The third kappa shape index (κ3) is 4.86. The standard InChI is InChI=1S/C14H19N3O3S/c1-21(19,20)10-7-14(18)15-8-4-6-13-16-11-12-5-2-3-9-17(12)13/h2-3,5,9,11H,4,6-8,10H2,1H3,(H,15,18). The maximum atomic E-state index is 11.5. The van der Waals surface area contributed by atoms with Crippen LogP contribution in [0.2, 0.25) is 0 Å². The fourth-order valence-corrected chi connectivity index (χ4v) is 2.58. The Morgan fingerprint density at radius 3 is 2.95 bits per heavy atom. The van der Waals surface area contributed by atoms with Gasteiger partial charge in [0.1, 0.15) is 15.7 Å². The lowest BCUT2D eigenvalue weighted by molar-refractivity contribution is -0.120. The summed E-state index contributed by atoms with van der Waals surface area (Å²) in [5.41, 5.74) is 1.05. The average molecular weight is 309 g/mol. The molecule has 0 saturated heterocycles. The van der Waals surface area contributed by atoms with Crippen molar-refractivity contribution in [2.24, 2.45) is 0 Å². The van der Waals surface area contributed by atoms with Crippen LogP contribution in [0, 0.1) is 0 Å². The molecular weight excluding hydrogens is 290 g/mol. The molecule has 0 aliphatic heterocycles. The molecule has 2 rings (SSSR count).